The number of ether oxygens (including phenoxy) is 1. The minimum atomic E-state index is -4.95. The van der Waals surface area contributed by atoms with Crippen molar-refractivity contribution in [3.63, 3.8) is 0 Å². The summed E-state index contributed by atoms with van der Waals surface area (Å²) >= 11 is 0. The van der Waals surface area contributed by atoms with Gasteiger partial charge in [0.05, 0.1) is 16.8 Å². The summed E-state index contributed by atoms with van der Waals surface area (Å²) in [4.78, 5) is 41.4. The number of amides is 4. The SMILES string of the molecule is O=C(c1cnccc1C(F)(F)F)N1CC(=O)N(c2ccc(OC(F)(F)F)cc2)C1=O. The van der Waals surface area contributed by atoms with Crippen molar-refractivity contribution in [3.05, 3.63) is 53.9 Å². The van der Waals surface area contributed by atoms with Crippen molar-refractivity contribution in [1.82, 2.24) is 9.88 Å². The van der Waals surface area contributed by atoms with Crippen LogP contribution in [0.2, 0.25) is 0 Å². The average molecular weight is 433 g/mol. The Hall–Kier alpha value is -3.64. The van der Waals surface area contributed by atoms with Gasteiger partial charge in [-0.2, -0.15) is 13.2 Å². The van der Waals surface area contributed by atoms with E-state index < -0.39 is 53.8 Å². The Bertz CT molecular complexity index is 1000. The summed E-state index contributed by atoms with van der Waals surface area (Å²) in [6, 6.07) is 2.86. The van der Waals surface area contributed by atoms with Gasteiger partial charge in [-0.05, 0) is 30.3 Å². The molecule has 0 atom stereocenters. The highest BCUT2D eigenvalue weighted by molar-refractivity contribution is 6.25. The van der Waals surface area contributed by atoms with E-state index in [4.69, 9.17) is 0 Å². The van der Waals surface area contributed by atoms with Gasteiger partial charge in [-0.15, -0.1) is 13.2 Å². The number of carbonyl (C=O) groups is 3. The molecule has 158 valence electrons. The number of hydrogen-bond donors (Lipinski definition) is 0. The van der Waals surface area contributed by atoms with Gasteiger partial charge in [-0.25, -0.2) is 14.6 Å². The number of benzene rings is 1. The van der Waals surface area contributed by atoms with Crippen LogP contribution in [0.4, 0.5) is 36.8 Å². The molecule has 2 aromatic rings. The van der Waals surface area contributed by atoms with Crippen LogP contribution in [0.1, 0.15) is 15.9 Å². The zero-order valence-corrected chi connectivity index (χ0v) is 14.5. The number of anilines is 1. The lowest BCUT2D eigenvalue weighted by Crippen LogP contribution is -2.37. The van der Waals surface area contributed by atoms with Crippen LogP contribution in [0.5, 0.6) is 5.75 Å². The van der Waals surface area contributed by atoms with Gasteiger partial charge in [-0.1, -0.05) is 0 Å². The van der Waals surface area contributed by atoms with Crippen LogP contribution >= 0.6 is 0 Å². The molecule has 0 N–H and O–H groups in total. The molecule has 1 fully saturated rings. The minimum Gasteiger partial charge on any atom is -0.406 e. The first-order chi connectivity index (χ1) is 13.9. The smallest absolute Gasteiger partial charge is 0.406 e. The lowest BCUT2D eigenvalue weighted by molar-refractivity contribution is -0.274. The van der Waals surface area contributed by atoms with Crippen LogP contribution < -0.4 is 9.64 Å². The molecule has 7 nitrogen and oxygen atoms in total. The summed E-state index contributed by atoms with van der Waals surface area (Å²) in [5, 5.41) is 0. The molecule has 13 heteroatoms. The van der Waals surface area contributed by atoms with Gasteiger partial charge in [0, 0.05) is 12.4 Å². The van der Waals surface area contributed by atoms with Crippen molar-refractivity contribution in [3.8, 4) is 5.75 Å². The summed E-state index contributed by atoms with van der Waals surface area (Å²) in [6.07, 6.45) is -8.43. The number of pyridine rings is 1. The van der Waals surface area contributed by atoms with Crippen LogP contribution in [0, 0.1) is 0 Å². The van der Waals surface area contributed by atoms with Crippen molar-refractivity contribution in [2.24, 2.45) is 0 Å². The number of halogens is 6. The molecule has 0 radical (unpaired) electrons. The molecule has 0 bridgehead atoms. The second-order valence-corrected chi connectivity index (χ2v) is 5.86. The first kappa shape index (κ1) is 21.1. The maximum atomic E-state index is 13.1. The van der Waals surface area contributed by atoms with Crippen molar-refractivity contribution in [1.29, 1.82) is 0 Å². The van der Waals surface area contributed by atoms with E-state index in [1.165, 1.54) is 0 Å². The molecule has 0 saturated carbocycles. The van der Waals surface area contributed by atoms with Crippen LogP contribution in [0.15, 0.2) is 42.7 Å². The fourth-order valence-corrected chi connectivity index (χ4v) is 2.67. The average Bonchev–Trinajstić information content (AvgIpc) is 2.94. The Balaban J connectivity index is 1.86. The molecule has 0 spiro atoms. The van der Waals surface area contributed by atoms with Gasteiger partial charge in [-0.3, -0.25) is 14.6 Å². The Labute approximate surface area is 163 Å². The first-order valence-corrected chi connectivity index (χ1v) is 7.94. The van der Waals surface area contributed by atoms with E-state index in [1.54, 1.807) is 0 Å². The first-order valence-electron chi connectivity index (χ1n) is 7.94. The van der Waals surface area contributed by atoms with Gasteiger partial charge < -0.3 is 4.74 Å². The quantitative estimate of drug-likeness (QED) is 0.546. The molecule has 4 amide bonds. The maximum Gasteiger partial charge on any atom is 0.573 e. The van der Waals surface area contributed by atoms with Gasteiger partial charge >= 0.3 is 18.6 Å². The molecule has 30 heavy (non-hydrogen) atoms. The Morgan fingerprint density at radius 3 is 2.20 bits per heavy atom. The fraction of sp³-hybridized carbons (Fsp3) is 0.176. The highest BCUT2D eigenvalue weighted by Crippen LogP contribution is 2.33. The number of rotatable bonds is 3. The van der Waals surface area contributed by atoms with Crippen LogP contribution in [-0.4, -0.2) is 40.6 Å². The highest BCUT2D eigenvalue weighted by Gasteiger charge is 2.44. The monoisotopic (exact) mass is 433 g/mol. The minimum absolute atomic E-state index is 0.197. The van der Waals surface area contributed by atoms with E-state index in [9.17, 15) is 40.7 Å². The molecule has 3 rings (SSSR count). The Kier molecular flexibility index (Phi) is 5.14. The third-order valence-electron chi connectivity index (χ3n) is 3.90. The number of imide groups is 2. The second-order valence-electron chi connectivity index (χ2n) is 5.86. The van der Waals surface area contributed by atoms with Gasteiger partial charge in [0.15, 0.2) is 0 Å². The number of aromatic nitrogens is 1. The van der Waals surface area contributed by atoms with Crippen LogP contribution in [0.25, 0.3) is 0 Å². The maximum absolute atomic E-state index is 13.1. The largest absolute Gasteiger partial charge is 0.573 e. The lowest BCUT2D eigenvalue weighted by atomic mass is 10.1. The number of nitrogens with zero attached hydrogens (tertiary/aromatic N) is 3. The predicted octanol–water partition coefficient (Wildman–Crippen LogP) is 3.61. The summed E-state index contributed by atoms with van der Waals surface area (Å²) in [7, 11) is 0. The zero-order valence-electron chi connectivity index (χ0n) is 14.5. The Morgan fingerprint density at radius 2 is 1.63 bits per heavy atom. The lowest BCUT2D eigenvalue weighted by Gasteiger charge is -2.18. The third-order valence-corrected chi connectivity index (χ3v) is 3.90. The number of urea groups is 1. The molecule has 1 saturated heterocycles. The van der Waals surface area contributed by atoms with E-state index in [0.29, 0.717) is 17.2 Å². The van der Waals surface area contributed by atoms with Crippen LogP contribution in [-0.2, 0) is 11.0 Å². The fourth-order valence-electron chi connectivity index (χ4n) is 2.67. The molecular formula is C17H9F6N3O4. The van der Waals surface area contributed by atoms with Gasteiger partial charge in [0.25, 0.3) is 11.8 Å². The summed E-state index contributed by atoms with van der Waals surface area (Å²) < 4.78 is 79.7. The summed E-state index contributed by atoms with van der Waals surface area (Å²) in [5.41, 5.74) is -2.46. The molecule has 1 aliphatic rings. The van der Waals surface area contributed by atoms with Crippen molar-refractivity contribution in [2.45, 2.75) is 12.5 Å². The van der Waals surface area contributed by atoms with Crippen molar-refractivity contribution < 1.29 is 45.5 Å². The van der Waals surface area contributed by atoms with Gasteiger partial charge in [0.1, 0.15) is 12.3 Å². The predicted molar refractivity (Wildman–Crippen MR) is 86.3 cm³/mol. The van der Waals surface area contributed by atoms with Gasteiger partial charge in [0.2, 0.25) is 0 Å². The summed E-state index contributed by atoms with van der Waals surface area (Å²) in [6.45, 7) is -0.856. The molecule has 1 aromatic carbocycles. The van der Waals surface area contributed by atoms with E-state index in [1.807, 2.05) is 0 Å². The normalized spacial score (nSPS) is 15.0. The standard InChI is InChI=1S/C17H9F6N3O4/c18-16(19,20)12-5-6-24-7-11(12)14(28)25-8-13(27)26(15(25)29)9-1-3-10(4-2-9)30-17(21,22)23/h1-7H,8H2. The van der Waals surface area contributed by atoms with E-state index >= 15 is 0 Å². The molecule has 1 aliphatic heterocycles. The molecule has 1 aromatic heterocycles. The van der Waals surface area contributed by atoms with E-state index in [2.05, 4.69) is 9.72 Å². The van der Waals surface area contributed by atoms with E-state index in [-0.39, 0.29) is 10.6 Å². The van der Waals surface area contributed by atoms with Crippen molar-refractivity contribution >= 4 is 23.5 Å². The zero-order chi connectivity index (χ0) is 22.3. The van der Waals surface area contributed by atoms with Crippen LogP contribution in [0.3, 0.4) is 0 Å². The number of carbonyl (C=O) groups excluding carboxylic acids is 3. The second kappa shape index (κ2) is 7.31. The third kappa shape index (κ3) is 4.18. The Morgan fingerprint density at radius 1 is 1.00 bits per heavy atom. The number of hydrogen-bond acceptors (Lipinski definition) is 5. The van der Waals surface area contributed by atoms with Crippen molar-refractivity contribution in [2.75, 3.05) is 11.4 Å². The summed E-state index contributed by atoms with van der Waals surface area (Å²) in [5.74, 6) is -2.98. The van der Waals surface area contributed by atoms with E-state index in [0.717, 1.165) is 30.5 Å². The molecule has 2 heterocycles. The topological polar surface area (TPSA) is 79.8 Å². The molecule has 0 unspecified atom stereocenters. The number of alkyl halides is 6. The molecule has 0 aliphatic carbocycles. The highest BCUT2D eigenvalue weighted by atomic mass is 19.4. The molecular weight excluding hydrogens is 424 g/mol.